The highest BCUT2D eigenvalue weighted by atomic mass is 16.5. The van der Waals surface area contributed by atoms with E-state index < -0.39 is 5.92 Å². The number of carbonyl (C=O) groups excluding carboxylic acids is 2. The smallest absolute Gasteiger partial charge is 0.336 e. The van der Waals surface area contributed by atoms with E-state index in [-0.39, 0.29) is 17.2 Å². The molecule has 0 spiro atoms. The third-order valence-corrected chi connectivity index (χ3v) is 6.23. The van der Waals surface area contributed by atoms with E-state index >= 15 is 0 Å². The summed E-state index contributed by atoms with van der Waals surface area (Å²) in [5.74, 6) is -0.690. The molecule has 2 aliphatic rings. The number of methoxy groups -OCH3 is 1. The Balaban J connectivity index is 1.85. The maximum absolute atomic E-state index is 13.3. The van der Waals surface area contributed by atoms with Gasteiger partial charge in [-0.15, -0.1) is 0 Å². The van der Waals surface area contributed by atoms with E-state index in [1.54, 1.807) is 0 Å². The molecule has 0 bridgehead atoms. The lowest BCUT2D eigenvalue weighted by atomic mass is 9.68. The third kappa shape index (κ3) is 3.95. The Hall–Kier alpha value is -3.14. The van der Waals surface area contributed by atoms with Crippen LogP contribution in [0.15, 0.2) is 77.1 Å². The number of hydrogen-bond donors (Lipinski definition) is 1. The number of nitrogens with one attached hydrogen (secondary N) is 1. The standard InChI is InChI=1S/C27H29NO3/c1-5-20-25(26(30)31-4)23(24-21(28-20)15-27(2,3)16-22(24)29)19-13-11-18(12-14-19)17-9-7-6-8-10-17/h6-14,23,28H,5,15-16H2,1-4H3. The molecule has 2 aromatic rings. The molecule has 0 saturated carbocycles. The molecule has 0 amide bonds. The highest BCUT2D eigenvalue weighted by Gasteiger charge is 2.43. The van der Waals surface area contributed by atoms with Crippen molar-refractivity contribution in [3.8, 4) is 11.1 Å². The van der Waals surface area contributed by atoms with Crippen molar-refractivity contribution in [1.82, 2.24) is 5.32 Å². The van der Waals surface area contributed by atoms with E-state index in [2.05, 4.69) is 43.4 Å². The average molecular weight is 416 g/mol. The minimum Gasteiger partial charge on any atom is -0.466 e. The van der Waals surface area contributed by atoms with Crippen molar-refractivity contribution in [1.29, 1.82) is 0 Å². The Morgan fingerprint density at radius 1 is 1.03 bits per heavy atom. The molecular weight excluding hydrogens is 386 g/mol. The molecule has 4 nitrogen and oxygen atoms in total. The van der Waals surface area contributed by atoms with Crippen LogP contribution < -0.4 is 5.32 Å². The van der Waals surface area contributed by atoms with E-state index in [1.165, 1.54) is 7.11 Å². The number of Topliss-reactive ketones (excluding diaryl/α,β-unsaturated/α-hetero) is 1. The summed E-state index contributed by atoms with van der Waals surface area (Å²) in [5, 5.41) is 3.43. The highest BCUT2D eigenvalue weighted by Crippen LogP contribution is 2.47. The summed E-state index contributed by atoms with van der Waals surface area (Å²) in [5.41, 5.74) is 6.11. The Bertz CT molecular complexity index is 1080. The van der Waals surface area contributed by atoms with Crippen molar-refractivity contribution in [3.05, 3.63) is 82.7 Å². The summed E-state index contributed by atoms with van der Waals surface area (Å²) in [6, 6.07) is 18.4. The molecule has 1 aliphatic carbocycles. The molecule has 1 heterocycles. The van der Waals surface area contributed by atoms with Crippen LogP contribution in [0.1, 0.15) is 51.5 Å². The zero-order valence-corrected chi connectivity index (χ0v) is 18.6. The molecule has 4 rings (SSSR count). The second kappa shape index (κ2) is 8.18. The predicted octanol–water partition coefficient (Wildman–Crippen LogP) is 5.52. The minimum atomic E-state index is -0.410. The molecule has 1 N–H and O–H groups in total. The van der Waals surface area contributed by atoms with E-state index in [9.17, 15) is 9.59 Å². The number of ketones is 1. The van der Waals surface area contributed by atoms with Gasteiger partial charge < -0.3 is 10.1 Å². The average Bonchev–Trinajstić information content (AvgIpc) is 2.77. The van der Waals surface area contributed by atoms with Crippen LogP contribution in [-0.2, 0) is 14.3 Å². The fourth-order valence-electron chi connectivity index (χ4n) is 4.81. The number of esters is 1. The van der Waals surface area contributed by atoms with Gasteiger partial charge in [0, 0.05) is 29.3 Å². The number of allylic oxidation sites excluding steroid dienone is 3. The van der Waals surface area contributed by atoms with Gasteiger partial charge in [-0.1, -0.05) is 75.4 Å². The lowest BCUT2D eigenvalue weighted by Crippen LogP contribution is -2.39. The number of benzene rings is 2. The Morgan fingerprint density at radius 2 is 1.68 bits per heavy atom. The molecule has 1 unspecified atom stereocenters. The van der Waals surface area contributed by atoms with Gasteiger partial charge in [0.2, 0.25) is 0 Å². The number of rotatable bonds is 4. The zero-order valence-electron chi connectivity index (χ0n) is 18.6. The van der Waals surface area contributed by atoms with Gasteiger partial charge in [0.05, 0.1) is 12.7 Å². The van der Waals surface area contributed by atoms with E-state index in [0.717, 1.165) is 34.5 Å². The number of hydrogen-bond acceptors (Lipinski definition) is 4. The van der Waals surface area contributed by atoms with Crippen LogP contribution in [0.2, 0.25) is 0 Å². The molecule has 0 aromatic heterocycles. The van der Waals surface area contributed by atoms with Gasteiger partial charge in [0.15, 0.2) is 5.78 Å². The lowest BCUT2D eigenvalue weighted by Gasteiger charge is -2.39. The first-order valence-electron chi connectivity index (χ1n) is 10.8. The second-order valence-electron chi connectivity index (χ2n) is 9.12. The monoisotopic (exact) mass is 415 g/mol. The van der Waals surface area contributed by atoms with E-state index in [0.29, 0.717) is 24.0 Å². The van der Waals surface area contributed by atoms with Crippen LogP contribution in [0.4, 0.5) is 0 Å². The van der Waals surface area contributed by atoms with Crippen LogP contribution in [-0.4, -0.2) is 18.9 Å². The van der Waals surface area contributed by atoms with Crippen LogP contribution in [0.3, 0.4) is 0 Å². The fraction of sp³-hybridized carbons (Fsp3) is 0.333. The fourth-order valence-corrected chi connectivity index (χ4v) is 4.81. The normalized spacial score (nSPS) is 20.3. The first-order valence-corrected chi connectivity index (χ1v) is 10.8. The predicted molar refractivity (Wildman–Crippen MR) is 122 cm³/mol. The molecule has 0 saturated heterocycles. The number of carbonyl (C=O) groups is 2. The first-order chi connectivity index (χ1) is 14.8. The van der Waals surface area contributed by atoms with E-state index in [1.807, 2.05) is 37.3 Å². The summed E-state index contributed by atoms with van der Waals surface area (Å²) in [7, 11) is 1.40. The number of ether oxygens (including phenoxy) is 1. The lowest BCUT2D eigenvalue weighted by molar-refractivity contribution is -0.136. The quantitative estimate of drug-likeness (QED) is 0.668. The van der Waals surface area contributed by atoms with Crippen LogP contribution in [0, 0.1) is 5.41 Å². The van der Waals surface area contributed by atoms with Crippen LogP contribution in [0.25, 0.3) is 11.1 Å². The SMILES string of the molecule is CCC1=C(C(=O)OC)C(c2ccc(-c3ccccc3)cc2)C2=C(CC(C)(C)CC2=O)N1. The summed E-state index contributed by atoms with van der Waals surface area (Å²) in [4.78, 5) is 26.2. The number of dihydropyridines is 1. The molecule has 1 atom stereocenters. The topological polar surface area (TPSA) is 55.4 Å². The molecule has 31 heavy (non-hydrogen) atoms. The molecule has 0 fully saturated rings. The van der Waals surface area contributed by atoms with Crippen molar-refractivity contribution in [3.63, 3.8) is 0 Å². The molecule has 4 heteroatoms. The van der Waals surface area contributed by atoms with Gasteiger partial charge in [-0.25, -0.2) is 4.79 Å². The highest BCUT2D eigenvalue weighted by molar-refractivity contribution is 6.04. The van der Waals surface area contributed by atoms with Gasteiger partial charge in [0.1, 0.15) is 0 Å². The summed E-state index contributed by atoms with van der Waals surface area (Å²) in [6.07, 6.45) is 1.92. The van der Waals surface area contributed by atoms with Crippen LogP contribution >= 0.6 is 0 Å². The Kier molecular flexibility index (Phi) is 5.57. The zero-order chi connectivity index (χ0) is 22.2. The molecule has 1 aliphatic heterocycles. The van der Waals surface area contributed by atoms with Gasteiger partial charge >= 0.3 is 5.97 Å². The van der Waals surface area contributed by atoms with Gasteiger partial charge in [-0.2, -0.15) is 0 Å². The van der Waals surface area contributed by atoms with E-state index in [4.69, 9.17) is 4.74 Å². The summed E-state index contributed by atoms with van der Waals surface area (Å²) in [6.45, 7) is 6.25. The van der Waals surface area contributed by atoms with Crippen molar-refractivity contribution in [2.75, 3.05) is 7.11 Å². The van der Waals surface area contributed by atoms with Gasteiger partial charge in [0.25, 0.3) is 0 Å². The second-order valence-corrected chi connectivity index (χ2v) is 9.12. The van der Waals surface area contributed by atoms with Gasteiger partial charge in [-0.3, -0.25) is 4.79 Å². The largest absolute Gasteiger partial charge is 0.466 e. The molecule has 0 radical (unpaired) electrons. The van der Waals surface area contributed by atoms with Gasteiger partial charge in [-0.05, 0) is 34.9 Å². The third-order valence-electron chi connectivity index (χ3n) is 6.23. The molecule has 160 valence electrons. The molecular formula is C27H29NO3. The minimum absolute atomic E-state index is 0.104. The Morgan fingerprint density at radius 3 is 2.29 bits per heavy atom. The summed E-state index contributed by atoms with van der Waals surface area (Å²) < 4.78 is 5.15. The van der Waals surface area contributed by atoms with Crippen molar-refractivity contribution in [2.45, 2.75) is 46.0 Å². The maximum atomic E-state index is 13.3. The summed E-state index contributed by atoms with van der Waals surface area (Å²) >= 11 is 0. The van der Waals surface area contributed by atoms with Crippen molar-refractivity contribution < 1.29 is 14.3 Å². The first kappa shape index (κ1) is 21.1. The van der Waals surface area contributed by atoms with Crippen molar-refractivity contribution in [2.24, 2.45) is 5.41 Å². The maximum Gasteiger partial charge on any atom is 0.336 e. The van der Waals surface area contributed by atoms with Crippen LogP contribution in [0.5, 0.6) is 0 Å². The molecule has 2 aromatic carbocycles. The Labute approximate surface area is 184 Å². The van der Waals surface area contributed by atoms with Crippen molar-refractivity contribution >= 4 is 11.8 Å².